The van der Waals surface area contributed by atoms with Crippen molar-refractivity contribution in [2.75, 3.05) is 13.1 Å². The number of carbonyl (C=O) groups is 1. The summed E-state index contributed by atoms with van der Waals surface area (Å²) in [6.07, 6.45) is 9.32. The lowest BCUT2D eigenvalue weighted by Crippen LogP contribution is -2.48. The second-order valence-corrected chi connectivity index (χ2v) is 6.96. The normalized spacial score (nSPS) is 23.9. The molecule has 2 atom stereocenters. The second kappa shape index (κ2) is 7.31. The Morgan fingerprint density at radius 3 is 2.64 bits per heavy atom. The highest BCUT2D eigenvalue weighted by Crippen LogP contribution is 2.31. The van der Waals surface area contributed by atoms with Gasteiger partial charge < -0.3 is 4.90 Å². The van der Waals surface area contributed by atoms with Gasteiger partial charge in [0.15, 0.2) is 0 Å². The Morgan fingerprint density at radius 2 is 1.84 bits per heavy atom. The van der Waals surface area contributed by atoms with Crippen LogP contribution in [0.2, 0.25) is 0 Å². The number of hydrogen-bond acceptors (Lipinski definition) is 4. The number of carbonyl (C=O) groups excluding carboxylic acids is 1. The Hall–Kier alpha value is -2.27. The van der Waals surface area contributed by atoms with Crippen LogP contribution in [-0.2, 0) is 6.54 Å². The summed E-state index contributed by atoms with van der Waals surface area (Å²) in [5, 5.41) is 0. The largest absolute Gasteiger partial charge is 0.333 e. The number of benzene rings is 1. The summed E-state index contributed by atoms with van der Waals surface area (Å²) in [7, 11) is 0. The highest BCUT2D eigenvalue weighted by atomic mass is 16.2. The van der Waals surface area contributed by atoms with Gasteiger partial charge in [0.1, 0.15) is 5.69 Å². The molecule has 4 rings (SSSR count). The molecule has 3 heterocycles. The molecule has 5 nitrogen and oxygen atoms in total. The third-order valence-electron chi connectivity index (χ3n) is 5.43. The van der Waals surface area contributed by atoms with Gasteiger partial charge in [0.05, 0.1) is 6.20 Å². The molecule has 0 N–H and O–H groups in total. The summed E-state index contributed by atoms with van der Waals surface area (Å²) in [5.74, 6) is 0.0298. The van der Waals surface area contributed by atoms with Gasteiger partial charge >= 0.3 is 0 Å². The number of aromatic nitrogens is 2. The Balaban J connectivity index is 1.50. The van der Waals surface area contributed by atoms with Crippen molar-refractivity contribution in [2.24, 2.45) is 0 Å². The molecule has 1 aromatic carbocycles. The molecule has 2 aliphatic rings. The Bertz CT molecular complexity index is 706. The van der Waals surface area contributed by atoms with Gasteiger partial charge in [-0.25, -0.2) is 4.98 Å². The third-order valence-corrected chi connectivity index (χ3v) is 5.43. The fourth-order valence-electron chi connectivity index (χ4n) is 4.30. The minimum absolute atomic E-state index is 0.0298. The summed E-state index contributed by atoms with van der Waals surface area (Å²) in [6, 6.07) is 11.4. The lowest BCUT2D eigenvalue weighted by Gasteiger charge is -2.35. The standard InChI is InChI=1S/C20H24N4O/c25-20(17-14-21-10-11-22-17)24-13-5-9-19(24)18-8-4-12-23(18)15-16-6-2-1-3-7-16/h1-3,6-7,10-11,14,18-19H,4-5,8-9,12-13,15H2/t18-,19-/m0/s1. The molecule has 5 heteroatoms. The van der Waals surface area contributed by atoms with Crippen LogP contribution in [0, 0.1) is 0 Å². The fraction of sp³-hybridized carbons (Fsp3) is 0.450. The molecular weight excluding hydrogens is 312 g/mol. The van der Waals surface area contributed by atoms with Crippen LogP contribution in [-0.4, -0.2) is 50.8 Å². The van der Waals surface area contributed by atoms with Crippen molar-refractivity contribution in [2.45, 2.75) is 44.3 Å². The van der Waals surface area contributed by atoms with Gasteiger partial charge in [-0.1, -0.05) is 30.3 Å². The quantitative estimate of drug-likeness (QED) is 0.861. The molecule has 0 spiro atoms. The lowest BCUT2D eigenvalue weighted by atomic mass is 10.0. The van der Waals surface area contributed by atoms with Crippen LogP contribution in [0.1, 0.15) is 41.7 Å². The van der Waals surface area contributed by atoms with Crippen molar-refractivity contribution in [3.05, 3.63) is 60.2 Å². The van der Waals surface area contributed by atoms with E-state index in [0.717, 1.165) is 32.5 Å². The maximum atomic E-state index is 12.9. The Morgan fingerprint density at radius 1 is 1.04 bits per heavy atom. The molecule has 25 heavy (non-hydrogen) atoms. The summed E-state index contributed by atoms with van der Waals surface area (Å²) in [5.41, 5.74) is 1.81. The van der Waals surface area contributed by atoms with Gasteiger partial charge in [-0.3, -0.25) is 14.7 Å². The first-order valence-corrected chi connectivity index (χ1v) is 9.18. The third kappa shape index (κ3) is 3.42. The van der Waals surface area contributed by atoms with Crippen LogP contribution >= 0.6 is 0 Å². The van der Waals surface area contributed by atoms with E-state index in [9.17, 15) is 4.79 Å². The van der Waals surface area contributed by atoms with E-state index in [1.165, 1.54) is 18.4 Å². The van der Waals surface area contributed by atoms with E-state index in [1.54, 1.807) is 18.6 Å². The number of nitrogens with zero attached hydrogens (tertiary/aromatic N) is 4. The van der Waals surface area contributed by atoms with Crippen molar-refractivity contribution in [1.29, 1.82) is 0 Å². The van der Waals surface area contributed by atoms with Gasteiger partial charge in [-0.15, -0.1) is 0 Å². The molecule has 2 aromatic rings. The van der Waals surface area contributed by atoms with E-state index in [1.807, 2.05) is 4.90 Å². The van der Waals surface area contributed by atoms with Crippen LogP contribution in [0.3, 0.4) is 0 Å². The number of hydrogen-bond donors (Lipinski definition) is 0. The van der Waals surface area contributed by atoms with Crippen LogP contribution in [0.25, 0.3) is 0 Å². The minimum atomic E-state index is 0.0298. The van der Waals surface area contributed by atoms with E-state index in [-0.39, 0.29) is 5.91 Å². The summed E-state index contributed by atoms with van der Waals surface area (Å²) >= 11 is 0. The van der Waals surface area contributed by atoms with Gasteiger partial charge in [0.25, 0.3) is 5.91 Å². The molecule has 0 bridgehead atoms. The Labute approximate surface area is 148 Å². The lowest BCUT2D eigenvalue weighted by molar-refractivity contribution is 0.0633. The average molecular weight is 336 g/mol. The maximum Gasteiger partial charge on any atom is 0.274 e. The van der Waals surface area contributed by atoms with Crippen molar-refractivity contribution in [3.63, 3.8) is 0 Å². The number of likely N-dealkylation sites (tertiary alicyclic amines) is 2. The highest BCUT2D eigenvalue weighted by Gasteiger charge is 2.40. The average Bonchev–Trinajstić information content (AvgIpc) is 3.31. The molecule has 2 fully saturated rings. The fourth-order valence-corrected chi connectivity index (χ4v) is 4.30. The molecule has 130 valence electrons. The number of amides is 1. The first kappa shape index (κ1) is 16.2. The first-order chi connectivity index (χ1) is 12.3. The van der Waals surface area contributed by atoms with Crippen molar-refractivity contribution < 1.29 is 4.79 Å². The van der Waals surface area contributed by atoms with E-state index < -0.39 is 0 Å². The van der Waals surface area contributed by atoms with Crippen LogP contribution in [0.4, 0.5) is 0 Å². The first-order valence-electron chi connectivity index (χ1n) is 9.18. The van der Waals surface area contributed by atoms with Gasteiger partial charge in [0, 0.05) is 37.6 Å². The van der Waals surface area contributed by atoms with Crippen molar-refractivity contribution >= 4 is 5.91 Å². The summed E-state index contributed by atoms with van der Waals surface area (Å²) in [6.45, 7) is 2.91. The Kier molecular flexibility index (Phi) is 4.74. The molecule has 0 saturated carbocycles. The minimum Gasteiger partial charge on any atom is -0.333 e. The molecule has 0 aliphatic carbocycles. The van der Waals surface area contributed by atoms with E-state index in [0.29, 0.717) is 17.8 Å². The molecule has 1 amide bonds. The van der Waals surface area contributed by atoms with Crippen molar-refractivity contribution in [3.8, 4) is 0 Å². The van der Waals surface area contributed by atoms with Gasteiger partial charge in [-0.2, -0.15) is 0 Å². The highest BCUT2D eigenvalue weighted by molar-refractivity contribution is 5.92. The van der Waals surface area contributed by atoms with Crippen molar-refractivity contribution in [1.82, 2.24) is 19.8 Å². The summed E-state index contributed by atoms with van der Waals surface area (Å²) in [4.78, 5) is 25.7. The van der Waals surface area contributed by atoms with E-state index in [2.05, 4.69) is 45.2 Å². The zero-order valence-electron chi connectivity index (χ0n) is 14.4. The monoisotopic (exact) mass is 336 g/mol. The summed E-state index contributed by atoms with van der Waals surface area (Å²) < 4.78 is 0. The molecule has 1 aromatic heterocycles. The second-order valence-electron chi connectivity index (χ2n) is 6.96. The van der Waals surface area contributed by atoms with Gasteiger partial charge in [-0.05, 0) is 37.8 Å². The zero-order chi connectivity index (χ0) is 17.1. The molecular formula is C20H24N4O. The van der Waals surface area contributed by atoms with Gasteiger partial charge in [0.2, 0.25) is 0 Å². The molecule has 2 saturated heterocycles. The topological polar surface area (TPSA) is 49.3 Å². The smallest absolute Gasteiger partial charge is 0.274 e. The van der Waals surface area contributed by atoms with E-state index >= 15 is 0 Å². The zero-order valence-corrected chi connectivity index (χ0v) is 14.4. The van der Waals surface area contributed by atoms with Crippen LogP contribution < -0.4 is 0 Å². The van der Waals surface area contributed by atoms with Crippen LogP contribution in [0.15, 0.2) is 48.9 Å². The predicted octanol–water partition coefficient (Wildman–Crippen LogP) is 2.75. The number of rotatable bonds is 4. The van der Waals surface area contributed by atoms with E-state index in [4.69, 9.17) is 0 Å². The molecule has 2 aliphatic heterocycles. The maximum absolute atomic E-state index is 12.9. The SMILES string of the molecule is O=C(c1cnccn1)N1CCC[C@H]1[C@@H]1CCCN1Cc1ccccc1. The predicted molar refractivity (Wildman–Crippen MR) is 96.0 cm³/mol. The van der Waals surface area contributed by atoms with Crippen LogP contribution in [0.5, 0.6) is 0 Å². The molecule has 0 radical (unpaired) electrons. The molecule has 0 unspecified atom stereocenters.